The van der Waals surface area contributed by atoms with Crippen LogP contribution in [0.25, 0.3) is 0 Å². The molecule has 0 saturated carbocycles. The second-order valence-electron chi connectivity index (χ2n) is 8.95. The first-order valence-corrected chi connectivity index (χ1v) is 12.3. The summed E-state index contributed by atoms with van der Waals surface area (Å²) in [6, 6.07) is 21.1. The van der Waals surface area contributed by atoms with Crippen LogP contribution in [0.1, 0.15) is 59.1 Å². The van der Waals surface area contributed by atoms with Crippen LogP contribution in [0.3, 0.4) is 0 Å². The summed E-state index contributed by atoms with van der Waals surface area (Å²) in [7, 11) is 0. The van der Waals surface area contributed by atoms with E-state index in [2.05, 4.69) is 6.92 Å². The van der Waals surface area contributed by atoms with E-state index in [1.54, 1.807) is 36.4 Å². The Morgan fingerprint density at radius 2 is 0.917 bits per heavy atom. The minimum Gasteiger partial charge on any atom is -0.508 e. The number of aromatic hydroxyl groups is 4. The first-order valence-electron chi connectivity index (χ1n) is 11.5. The van der Waals surface area contributed by atoms with E-state index in [-0.39, 0.29) is 23.3 Å². The molecule has 0 amide bonds. The molecule has 0 radical (unpaired) electrons. The van der Waals surface area contributed by atoms with Gasteiger partial charge in [-0.3, -0.25) is 0 Å². The first kappa shape index (κ1) is 27.3. The van der Waals surface area contributed by atoms with Gasteiger partial charge in [0.25, 0.3) is 0 Å². The highest BCUT2D eigenvalue weighted by Crippen LogP contribution is 2.36. The molecule has 4 nitrogen and oxygen atoms in total. The van der Waals surface area contributed by atoms with Crippen molar-refractivity contribution < 1.29 is 20.4 Å². The molecular weight excluding hydrogens is 495 g/mol. The largest absolute Gasteiger partial charge is 0.508 e. The molecule has 0 unspecified atom stereocenters. The average molecular weight is 525 g/mol. The molecule has 0 spiro atoms. The third-order valence-corrected chi connectivity index (χ3v) is 7.00. The third kappa shape index (κ3) is 6.45. The van der Waals surface area contributed by atoms with Gasteiger partial charge in [-0.25, -0.2) is 0 Å². The maximum Gasteiger partial charge on any atom is 0.118 e. The molecule has 0 aromatic heterocycles. The fraction of sp³-hybridized carbons (Fsp3) is 0.200. The number of rotatable bonds is 4. The molecule has 6 heteroatoms. The Labute approximate surface area is 222 Å². The van der Waals surface area contributed by atoms with Crippen LogP contribution in [0.2, 0.25) is 10.0 Å². The minimum atomic E-state index is -0.0220. The van der Waals surface area contributed by atoms with Crippen LogP contribution in [0.4, 0.5) is 0 Å². The average Bonchev–Trinajstić information content (AvgIpc) is 2.82. The molecule has 188 valence electrons. The summed E-state index contributed by atoms with van der Waals surface area (Å²) in [6.45, 7) is 7.88. The lowest BCUT2D eigenvalue weighted by Gasteiger charge is -2.16. The van der Waals surface area contributed by atoms with E-state index in [1.807, 2.05) is 45.0 Å². The van der Waals surface area contributed by atoms with Gasteiger partial charge in [-0.2, -0.15) is 0 Å². The lowest BCUT2D eigenvalue weighted by Crippen LogP contribution is -1.97. The van der Waals surface area contributed by atoms with Crippen LogP contribution in [0.5, 0.6) is 23.0 Å². The molecule has 4 aromatic rings. The minimum absolute atomic E-state index is 0.0220. The van der Waals surface area contributed by atoms with Crippen LogP contribution >= 0.6 is 23.2 Å². The SMILES string of the molecule is CC(c1ccc(O)cc1Cl)c1ccc(O)cc1Cl.Cc1cc(C(C)c2ccc(O)c(C)c2)ccc1O. The smallest absolute Gasteiger partial charge is 0.118 e. The van der Waals surface area contributed by atoms with Crippen molar-refractivity contribution >= 4 is 23.2 Å². The summed E-state index contributed by atoms with van der Waals surface area (Å²) < 4.78 is 0. The maximum absolute atomic E-state index is 9.54. The van der Waals surface area contributed by atoms with Crippen molar-refractivity contribution in [2.75, 3.05) is 0 Å². The van der Waals surface area contributed by atoms with Gasteiger partial charge in [0, 0.05) is 21.9 Å². The van der Waals surface area contributed by atoms with Gasteiger partial charge in [0.1, 0.15) is 23.0 Å². The van der Waals surface area contributed by atoms with Crippen molar-refractivity contribution in [3.05, 3.63) is 116 Å². The van der Waals surface area contributed by atoms with Gasteiger partial charge in [0.15, 0.2) is 0 Å². The van der Waals surface area contributed by atoms with Gasteiger partial charge in [0.05, 0.1) is 0 Å². The van der Waals surface area contributed by atoms with Crippen LogP contribution < -0.4 is 0 Å². The van der Waals surface area contributed by atoms with E-state index in [4.69, 9.17) is 23.2 Å². The maximum atomic E-state index is 9.54. The molecule has 4 rings (SSSR count). The standard InChI is InChI=1S/C16H18O2.C14H12Cl2O2/c1-10-8-13(4-6-15(10)17)12(3)14-5-7-16(18)11(2)9-14;1-8(11-4-2-9(17)6-13(11)15)12-5-3-10(18)7-14(12)16/h4-9,12,17-18H,1-3H3;2-8,17-18H,1H3. The Kier molecular flexibility index (Phi) is 8.78. The van der Waals surface area contributed by atoms with E-state index >= 15 is 0 Å². The summed E-state index contributed by atoms with van der Waals surface area (Å²) in [5.74, 6) is 1.14. The fourth-order valence-corrected chi connectivity index (χ4v) is 4.67. The second-order valence-corrected chi connectivity index (χ2v) is 9.76. The zero-order valence-electron chi connectivity index (χ0n) is 20.6. The number of hydrogen-bond donors (Lipinski definition) is 4. The Morgan fingerprint density at radius 1 is 0.528 bits per heavy atom. The van der Waals surface area contributed by atoms with Gasteiger partial charge >= 0.3 is 0 Å². The fourth-order valence-electron chi connectivity index (χ4n) is 3.99. The lowest BCUT2D eigenvalue weighted by atomic mass is 9.91. The molecule has 0 saturated heterocycles. The van der Waals surface area contributed by atoms with Crippen molar-refractivity contribution in [1.82, 2.24) is 0 Å². The Hall–Kier alpha value is -3.34. The molecule has 36 heavy (non-hydrogen) atoms. The van der Waals surface area contributed by atoms with E-state index < -0.39 is 0 Å². The van der Waals surface area contributed by atoms with Gasteiger partial charge < -0.3 is 20.4 Å². The van der Waals surface area contributed by atoms with E-state index in [0.717, 1.165) is 33.4 Å². The number of benzene rings is 4. The van der Waals surface area contributed by atoms with E-state index in [9.17, 15) is 20.4 Å². The molecule has 4 N–H and O–H groups in total. The van der Waals surface area contributed by atoms with Gasteiger partial charge in [-0.1, -0.05) is 73.4 Å². The highest BCUT2D eigenvalue weighted by Gasteiger charge is 2.16. The topological polar surface area (TPSA) is 80.9 Å². The van der Waals surface area contributed by atoms with Crippen molar-refractivity contribution in [3.63, 3.8) is 0 Å². The quantitative estimate of drug-likeness (QED) is 0.216. The monoisotopic (exact) mass is 524 g/mol. The predicted molar refractivity (Wildman–Crippen MR) is 147 cm³/mol. The number of hydrogen-bond acceptors (Lipinski definition) is 4. The molecule has 0 heterocycles. The number of aryl methyl sites for hydroxylation is 2. The Bertz CT molecular complexity index is 1260. The highest BCUT2D eigenvalue weighted by atomic mass is 35.5. The summed E-state index contributed by atoms with van der Waals surface area (Å²) in [4.78, 5) is 0. The Morgan fingerprint density at radius 3 is 1.25 bits per heavy atom. The number of phenols is 4. The molecular formula is C30H30Cl2O4. The number of halogens is 2. The van der Waals surface area contributed by atoms with E-state index in [0.29, 0.717) is 21.5 Å². The van der Waals surface area contributed by atoms with Gasteiger partial charge in [-0.15, -0.1) is 0 Å². The zero-order valence-corrected chi connectivity index (χ0v) is 22.1. The predicted octanol–water partition coefficient (Wildman–Crippen LogP) is 8.42. The van der Waals surface area contributed by atoms with E-state index in [1.165, 1.54) is 12.1 Å². The number of phenolic OH excluding ortho intramolecular Hbond substituents is 4. The van der Waals surface area contributed by atoms with Crippen molar-refractivity contribution in [1.29, 1.82) is 0 Å². The summed E-state index contributed by atoms with van der Waals surface area (Å²) >= 11 is 12.2. The van der Waals surface area contributed by atoms with Crippen LogP contribution in [0.15, 0.2) is 72.8 Å². The second kappa shape index (κ2) is 11.6. The molecule has 0 atom stereocenters. The molecule has 0 aliphatic rings. The van der Waals surface area contributed by atoms with Crippen molar-refractivity contribution in [3.8, 4) is 23.0 Å². The summed E-state index contributed by atoms with van der Waals surface area (Å²) in [5.41, 5.74) is 5.85. The summed E-state index contributed by atoms with van der Waals surface area (Å²) in [5, 5.41) is 38.7. The van der Waals surface area contributed by atoms with Gasteiger partial charge in [-0.05, 0) is 83.6 Å². The zero-order chi connectivity index (χ0) is 26.6. The van der Waals surface area contributed by atoms with Crippen LogP contribution in [-0.4, -0.2) is 20.4 Å². The molecule has 0 aliphatic carbocycles. The van der Waals surface area contributed by atoms with Crippen molar-refractivity contribution in [2.45, 2.75) is 39.5 Å². The van der Waals surface area contributed by atoms with Crippen LogP contribution in [-0.2, 0) is 0 Å². The highest BCUT2D eigenvalue weighted by molar-refractivity contribution is 6.32. The summed E-state index contributed by atoms with van der Waals surface area (Å²) in [6.07, 6.45) is 0. The van der Waals surface area contributed by atoms with Crippen molar-refractivity contribution in [2.24, 2.45) is 0 Å². The Balaban J connectivity index is 0.000000201. The third-order valence-electron chi connectivity index (χ3n) is 6.34. The molecule has 0 aliphatic heterocycles. The van der Waals surface area contributed by atoms with Gasteiger partial charge in [0.2, 0.25) is 0 Å². The molecule has 4 aromatic carbocycles. The molecule has 0 fully saturated rings. The van der Waals surface area contributed by atoms with Crippen LogP contribution in [0, 0.1) is 13.8 Å². The lowest BCUT2D eigenvalue weighted by molar-refractivity contribution is 0.470. The molecule has 0 bridgehead atoms. The first-order chi connectivity index (χ1) is 17.0. The normalized spacial score (nSPS) is 10.9.